The van der Waals surface area contributed by atoms with Crippen molar-refractivity contribution in [1.82, 2.24) is 4.90 Å². The molecule has 6 rings (SSSR count). The number of halogens is 2. The monoisotopic (exact) mass is 564 g/mol. The lowest BCUT2D eigenvalue weighted by molar-refractivity contribution is -0.138. The molecule has 2 saturated heterocycles. The summed E-state index contributed by atoms with van der Waals surface area (Å²) < 4.78 is 0. The average Bonchev–Trinajstić information content (AvgIpc) is 3.25. The van der Waals surface area contributed by atoms with Crippen molar-refractivity contribution < 1.29 is 24.3 Å². The van der Waals surface area contributed by atoms with Gasteiger partial charge in [-0.15, -0.1) is 23.2 Å². The van der Waals surface area contributed by atoms with Crippen LogP contribution in [0.4, 0.5) is 5.69 Å². The van der Waals surface area contributed by atoms with Crippen molar-refractivity contribution >= 4 is 58.6 Å². The second kappa shape index (κ2) is 8.54. The van der Waals surface area contributed by atoms with Crippen molar-refractivity contribution in [3.8, 4) is 5.75 Å². The number of fused-ring (bicyclic) bond motifs is 4. The number of rotatable bonds is 3. The number of allylic oxidation sites excluding steroid dienone is 2. The lowest BCUT2D eigenvalue weighted by Gasteiger charge is -2.50. The van der Waals surface area contributed by atoms with Gasteiger partial charge < -0.3 is 5.11 Å². The highest BCUT2D eigenvalue weighted by Crippen LogP contribution is 2.65. The lowest BCUT2D eigenvalue weighted by atomic mass is 9.56. The number of likely N-dealkylation sites (tertiary alicyclic amines) is 1. The molecule has 3 fully saturated rings. The summed E-state index contributed by atoms with van der Waals surface area (Å²) in [5.74, 6) is -4.65. The topological polar surface area (TPSA) is 95.0 Å². The summed E-state index contributed by atoms with van der Waals surface area (Å²) in [5, 5.41) is 10.2. The Kier molecular flexibility index (Phi) is 5.66. The molecule has 6 atom stereocenters. The van der Waals surface area contributed by atoms with Gasteiger partial charge in [0.2, 0.25) is 11.8 Å². The van der Waals surface area contributed by atoms with Crippen LogP contribution in [0.3, 0.4) is 0 Å². The molecular weight excluding hydrogens is 539 g/mol. The first-order valence-corrected chi connectivity index (χ1v) is 13.5. The number of nitrogens with zero attached hydrogens (tertiary/aromatic N) is 2. The summed E-state index contributed by atoms with van der Waals surface area (Å²) in [6.45, 7) is 5.47. The van der Waals surface area contributed by atoms with Crippen molar-refractivity contribution in [2.75, 3.05) is 11.9 Å². The number of aryl methyl sites for hydroxylation is 1. The molecule has 200 valence electrons. The fourth-order valence-electron chi connectivity index (χ4n) is 6.99. The van der Waals surface area contributed by atoms with Gasteiger partial charge in [0.15, 0.2) is 9.75 Å². The van der Waals surface area contributed by atoms with Gasteiger partial charge in [0.25, 0.3) is 11.8 Å². The second-order valence-electron chi connectivity index (χ2n) is 10.9. The third kappa shape index (κ3) is 3.23. The highest BCUT2D eigenvalue weighted by Gasteiger charge is 2.75. The van der Waals surface area contributed by atoms with Gasteiger partial charge in [-0.3, -0.25) is 29.0 Å². The first-order valence-electron chi connectivity index (χ1n) is 12.8. The van der Waals surface area contributed by atoms with Crippen LogP contribution in [0.2, 0.25) is 0 Å². The van der Waals surface area contributed by atoms with Gasteiger partial charge in [-0.2, -0.15) is 0 Å². The number of aromatic hydroxyl groups is 1. The maximum atomic E-state index is 14.0. The molecule has 39 heavy (non-hydrogen) atoms. The van der Waals surface area contributed by atoms with Crippen LogP contribution in [0.15, 0.2) is 60.7 Å². The second-order valence-corrected chi connectivity index (χ2v) is 12.1. The summed E-state index contributed by atoms with van der Waals surface area (Å²) in [7, 11) is 1.36. The van der Waals surface area contributed by atoms with E-state index in [9.17, 15) is 24.3 Å². The van der Waals surface area contributed by atoms with Gasteiger partial charge >= 0.3 is 0 Å². The molecule has 0 radical (unpaired) electrons. The van der Waals surface area contributed by atoms with Crippen LogP contribution in [-0.2, 0) is 19.2 Å². The molecule has 1 N–H and O–H groups in total. The lowest BCUT2D eigenvalue weighted by Crippen LogP contribution is -2.60. The molecule has 4 aliphatic rings. The summed E-state index contributed by atoms with van der Waals surface area (Å²) >= 11 is 14.3. The van der Waals surface area contributed by atoms with E-state index >= 15 is 0 Å². The average molecular weight is 565 g/mol. The zero-order valence-electron chi connectivity index (χ0n) is 21.4. The largest absolute Gasteiger partial charge is 0.508 e. The van der Waals surface area contributed by atoms with Crippen LogP contribution in [0, 0.1) is 24.7 Å². The summed E-state index contributed by atoms with van der Waals surface area (Å²) in [5.41, 5.74) is 3.21. The van der Waals surface area contributed by atoms with E-state index < -0.39 is 45.2 Å². The van der Waals surface area contributed by atoms with Gasteiger partial charge in [0.05, 0.1) is 17.5 Å². The minimum Gasteiger partial charge on any atom is -0.508 e. The van der Waals surface area contributed by atoms with Crippen LogP contribution in [0.25, 0.3) is 6.08 Å². The fourth-order valence-corrected chi connectivity index (χ4v) is 8.01. The van der Waals surface area contributed by atoms with Crippen LogP contribution < -0.4 is 4.90 Å². The van der Waals surface area contributed by atoms with E-state index in [1.54, 1.807) is 49.4 Å². The summed E-state index contributed by atoms with van der Waals surface area (Å²) in [6, 6.07) is 11.9. The fraction of sp³-hybridized carbons (Fsp3) is 0.333. The Labute approximate surface area is 235 Å². The van der Waals surface area contributed by atoms with E-state index in [1.807, 2.05) is 6.08 Å². The molecule has 0 aromatic heterocycles. The molecule has 0 bridgehead atoms. The number of amides is 4. The summed E-state index contributed by atoms with van der Waals surface area (Å²) in [4.78, 5) is 53.2. The molecule has 0 spiro atoms. The van der Waals surface area contributed by atoms with Crippen LogP contribution in [0.5, 0.6) is 5.75 Å². The first kappa shape index (κ1) is 25.8. The maximum Gasteiger partial charge on any atom is 0.253 e. The van der Waals surface area contributed by atoms with Crippen molar-refractivity contribution in [2.24, 2.45) is 17.8 Å². The van der Waals surface area contributed by atoms with E-state index in [4.69, 9.17) is 23.2 Å². The van der Waals surface area contributed by atoms with Gasteiger partial charge in [-0.05, 0) is 60.6 Å². The number of benzene rings is 2. The molecule has 9 heteroatoms. The number of phenols is 1. The SMILES string of the molecule is C=Cc1ccc(N2C(=O)C3CC=C4C(CC5(Cl)C(=O)N(C)C(=O)C5(Cl)C4c4ccc(O)c(C)c4)C3C2=O)cc1. The first-order chi connectivity index (χ1) is 18.5. The molecule has 2 aliphatic carbocycles. The zero-order chi connectivity index (χ0) is 28.0. The Morgan fingerprint density at radius 2 is 1.69 bits per heavy atom. The maximum absolute atomic E-state index is 14.0. The molecule has 2 heterocycles. The quantitative estimate of drug-likeness (QED) is 0.335. The predicted molar refractivity (Wildman–Crippen MR) is 147 cm³/mol. The van der Waals surface area contributed by atoms with Crippen LogP contribution in [0.1, 0.15) is 35.4 Å². The molecule has 6 unspecified atom stereocenters. The number of carbonyl (C=O) groups is 4. The number of hydrogen-bond acceptors (Lipinski definition) is 5. The van der Waals surface area contributed by atoms with E-state index in [1.165, 1.54) is 18.0 Å². The zero-order valence-corrected chi connectivity index (χ0v) is 22.9. The van der Waals surface area contributed by atoms with Crippen LogP contribution in [-0.4, -0.2) is 50.4 Å². The third-order valence-electron chi connectivity index (χ3n) is 8.96. The molecule has 1 saturated carbocycles. The highest BCUT2D eigenvalue weighted by atomic mass is 35.5. The number of imide groups is 2. The minimum absolute atomic E-state index is 0.0597. The third-order valence-corrected chi connectivity index (χ3v) is 10.4. The molecular formula is C30H26Cl2N2O5. The van der Waals surface area contributed by atoms with Crippen molar-refractivity contribution in [2.45, 2.75) is 35.4 Å². The summed E-state index contributed by atoms with van der Waals surface area (Å²) in [6.07, 6.45) is 3.80. The van der Waals surface area contributed by atoms with Gasteiger partial charge in [0, 0.05) is 13.0 Å². The Balaban J connectivity index is 1.50. The molecule has 2 aliphatic heterocycles. The predicted octanol–water partition coefficient (Wildman–Crippen LogP) is 4.54. The van der Waals surface area contributed by atoms with Gasteiger partial charge in [-0.1, -0.05) is 48.6 Å². The highest BCUT2D eigenvalue weighted by molar-refractivity contribution is 6.53. The van der Waals surface area contributed by atoms with Gasteiger partial charge in [-0.25, -0.2) is 0 Å². The normalized spacial score (nSPS) is 33.6. The number of phenolic OH excluding ortho intramolecular Hbond substituents is 1. The number of anilines is 1. The Bertz CT molecular complexity index is 1520. The van der Waals surface area contributed by atoms with E-state index in [-0.39, 0.29) is 30.4 Å². The van der Waals surface area contributed by atoms with Crippen molar-refractivity contribution in [3.63, 3.8) is 0 Å². The smallest absolute Gasteiger partial charge is 0.253 e. The number of hydrogen-bond donors (Lipinski definition) is 1. The Morgan fingerprint density at radius 3 is 2.33 bits per heavy atom. The van der Waals surface area contributed by atoms with Crippen molar-refractivity contribution in [3.05, 3.63) is 77.4 Å². The van der Waals surface area contributed by atoms with E-state index in [0.29, 0.717) is 22.4 Å². The molecule has 4 amide bonds. The number of alkyl halides is 2. The van der Waals surface area contributed by atoms with E-state index in [2.05, 4.69) is 6.58 Å². The number of carbonyl (C=O) groups excluding carboxylic acids is 4. The van der Waals surface area contributed by atoms with Crippen molar-refractivity contribution in [1.29, 1.82) is 0 Å². The van der Waals surface area contributed by atoms with Gasteiger partial charge in [0.1, 0.15) is 5.75 Å². The minimum atomic E-state index is -1.84. The molecule has 2 aromatic rings. The molecule has 7 nitrogen and oxygen atoms in total. The van der Waals surface area contributed by atoms with Crippen LogP contribution >= 0.6 is 23.2 Å². The molecule has 2 aromatic carbocycles. The standard InChI is InChI=1S/C30H26Cl2N2O5/c1-4-16-5-8-18(9-6-16)34-25(36)20-11-10-19-21(23(20)26(34)37)14-29(31)27(38)33(3)28(39)30(29,32)24(19)17-7-12-22(35)15(2)13-17/h4-10,12-13,20-21,23-24,35H,1,11,14H2,2-3H3. The Hall–Kier alpha value is -3.42. The Morgan fingerprint density at radius 1 is 1.00 bits per heavy atom. The van der Waals surface area contributed by atoms with E-state index in [0.717, 1.165) is 10.5 Å².